The van der Waals surface area contributed by atoms with Crippen molar-refractivity contribution in [2.24, 2.45) is 0 Å². The maximum Gasteiger partial charge on any atom is 0.416 e. The molecular formula is C37H40F3N3O4S. The zero-order valence-corrected chi connectivity index (χ0v) is 28.4. The average molecular weight is 680 g/mol. The number of rotatable bonds is 11. The number of nitrogens with zero attached hydrogens (tertiary/aromatic N) is 2. The third kappa shape index (κ3) is 9.25. The van der Waals surface area contributed by atoms with Crippen LogP contribution in [0.2, 0.25) is 0 Å². The van der Waals surface area contributed by atoms with Crippen LogP contribution in [-0.4, -0.2) is 43.3 Å². The molecule has 0 aliphatic heterocycles. The molecule has 0 saturated carbocycles. The van der Waals surface area contributed by atoms with Gasteiger partial charge in [-0.25, -0.2) is 8.42 Å². The molecule has 0 saturated heterocycles. The number of hydrogen-bond acceptors (Lipinski definition) is 4. The van der Waals surface area contributed by atoms with Crippen LogP contribution in [0, 0.1) is 13.8 Å². The molecule has 0 spiro atoms. The van der Waals surface area contributed by atoms with E-state index in [1.165, 1.54) is 23.1 Å². The van der Waals surface area contributed by atoms with Gasteiger partial charge in [0.1, 0.15) is 12.6 Å². The summed E-state index contributed by atoms with van der Waals surface area (Å²) in [6, 6.07) is 25.0. The number of alkyl halides is 3. The van der Waals surface area contributed by atoms with E-state index in [1.807, 2.05) is 76.2 Å². The lowest BCUT2D eigenvalue weighted by atomic mass is 10.00. The van der Waals surface area contributed by atoms with E-state index in [4.69, 9.17) is 0 Å². The van der Waals surface area contributed by atoms with Crippen LogP contribution in [0.1, 0.15) is 48.6 Å². The first-order valence-electron chi connectivity index (χ1n) is 15.4. The van der Waals surface area contributed by atoms with Crippen molar-refractivity contribution in [2.45, 2.75) is 70.2 Å². The Kier molecular flexibility index (Phi) is 11.0. The minimum atomic E-state index is -4.76. The van der Waals surface area contributed by atoms with Gasteiger partial charge >= 0.3 is 6.18 Å². The molecule has 11 heteroatoms. The lowest BCUT2D eigenvalue weighted by Gasteiger charge is -2.35. The summed E-state index contributed by atoms with van der Waals surface area (Å²) < 4.78 is 70.4. The molecule has 0 radical (unpaired) electrons. The highest BCUT2D eigenvalue weighted by atomic mass is 32.2. The van der Waals surface area contributed by atoms with Crippen LogP contribution in [0.25, 0.3) is 0 Å². The lowest BCUT2D eigenvalue weighted by molar-refractivity contribution is -0.140. The molecule has 0 aliphatic carbocycles. The highest BCUT2D eigenvalue weighted by Gasteiger charge is 2.37. The Balaban J connectivity index is 1.87. The van der Waals surface area contributed by atoms with Gasteiger partial charge in [-0.1, -0.05) is 78.4 Å². The molecule has 7 nitrogen and oxygen atoms in total. The van der Waals surface area contributed by atoms with Gasteiger partial charge in [-0.15, -0.1) is 0 Å². The number of aryl methyl sites for hydroxylation is 2. The fraction of sp³-hybridized carbons (Fsp3) is 0.297. The van der Waals surface area contributed by atoms with Crippen LogP contribution in [0.15, 0.2) is 108 Å². The molecule has 4 aromatic carbocycles. The van der Waals surface area contributed by atoms with Crippen molar-refractivity contribution in [1.82, 2.24) is 10.2 Å². The molecule has 2 amide bonds. The van der Waals surface area contributed by atoms with E-state index >= 15 is 0 Å². The van der Waals surface area contributed by atoms with E-state index in [1.54, 1.807) is 25.1 Å². The molecule has 0 bridgehead atoms. The molecule has 0 aliphatic rings. The first kappa shape index (κ1) is 36.2. The van der Waals surface area contributed by atoms with Gasteiger partial charge < -0.3 is 10.2 Å². The maximum absolute atomic E-state index is 14.6. The molecule has 4 aromatic rings. The zero-order valence-electron chi connectivity index (χ0n) is 27.6. The number of sulfonamides is 1. The summed E-state index contributed by atoms with van der Waals surface area (Å²) in [6.45, 7) is 8.13. The number of benzene rings is 4. The van der Waals surface area contributed by atoms with Crippen LogP contribution in [0.4, 0.5) is 18.9 Å². The summed E-state index contributed by atoms with van der Waals surface area (Å²) >= 11 is 0. The Labute approximate surface area is 280 Å². The normalized spacial score (nSPS) is 12.7. The molecule has 1 N–H and O–H groups in total. The Morgan fingerprint density at radius 3 is 2.04 bits per heavy atom. The van der Waals surface area contributed by atoms with E-state index in [2.05, 4.69) is 5.32 Å². The van der Waals surface area contributed by atoms with Gasteiger partial charge in [-0.3, -0.25) is 13.9 Å². The fourth-order valence-corrected chi connectivity index (χ4v) is 6.59. The second kappa shape index (κ2) is 14.6. The summed E-state index contributed by atoms with van der Waals surface area (Å²) in [6.07, 6.45) is -4.66. The van der Waals surface area contributed by atoms with Gasteiger partial charge in [0.2, 0.25) is 11.8 Å². The number of hydrogen-bond donors (Lipinski definition) is 1. The van der Waals surface area contributed by atoms with Gasteiger partial charge in [0.15, 0.2) is 0 Å². The van der Waals surface area contributed by atoms with E-state index in [9.17, 15) is 31.2 Å². The van der Waals surface area contributed by atoms with Crippen molar-refractivity contribution >= 4 is 27.5 Å². The van der Waals surface area contributed by atoms with E-state index in [0.29, 0.717) is 10.4 Å². The van der Waals surface area contributed by atoms with Gasteiger partial charge in [0.25, 0.3) is 10.0 Å². The number of halogens is 3. The Morgan fingerprint density at radius 2 is 1.44 bits per heavy atom. The van der Waals surface area contributed by atoms with Gasteiger partial charge in [-0.2, -0.15) is 13.2 Å². The summed E-state index contributed by atoms with van der Waals surface area (Å²) in [5, 5.41) is 2.96. The number of nitrogens with one attached hydrogen (secondary N) is 1. The molecule has 0 unspecified atom stereocenters. The average Bonchev–Trinajstić information content (AvgIpc) is 3.01. The summed E-state index contributed by atoms with van der Waals surface area (Å²) in [5.41, 5.74) is 1.02. The van der Waals surface area contributed by atoms with Crippen molar-refractivity contribution in [1.29, 1.82) is 0 Å². The highest BCUT2D eigenvalue weighted by molar-refractivity contribution is 7.92. The van der Waals surface area contributed by atoms with Crippen molar-refractivity contribution in [3.05, 3.63) is 131 Å². The van der Waals surface area contributed by atoms with Crippen molar-refractivity contribution in [3.8, 4) is 0 Å². The first-order chi connectivity index (χ1) is 22.5. The summed E-state index contributed by atoms with van der Waals surface area (Å²) in [7, 11) is -4.56. The Bertz CT molecular complexity index is 1840. The van der Waals surface area contributed by atoms with Crippen molar-refractivity contribution in [2.75, 3.05) is 10.8 Å². The molecule has 4 rings (SSSR count). The van der Waals surface area contributed by atoms with Crippen LogP contribution >= 0.6 is 0 Å². The van der Waals surface area contributed by atoms with Crippen molar-refractivity contribution in [3.63, 3.8) is 0 Å². The van der Waals surface area contributed by atoms with Gasteiger partial charge in [0.05, 0.1) is 16.1 Å². The predicted octanol–water partition coefficient (Wildman–Crippen LogP) is 7.07. The van der Waals surface area contributed by atoms with E-state index in [0.717, 1.165) is 34.4 Å². The van der Waals surface area contributed by atoms with Crippen molar-refractivity contribution < 1.29 is 31.2 Å². The molecule has 0 heterocycles. The number of amides is 2. The minimum Gasteiger partial charge on any atom is -0.350 e. The van der Waals surface area contributed by atoms with Gasteiger partial charge in [-0.05, 0) is 81.6 Å². The second-order valence-corrected chi connectivity index (χ2v) is 14.6. The first-order valence-corrected chi connectivity index (χ1v) is 16.9. The molecule has 1 atom stereocenters. The number of carbonyl (C=O) groups is 2. The molecule has 254 valence electrons. The van der Waals surface area contributed by atoms with Crippen LogP contribution in [0.3, 0.4) is 0 Å². The van der Waals surface area contributed by atoms with Crippen LogP contribution in [0.5, 0.6) is 0 Å². The van der Waals surface area contributed by atoms with E-state index in [-0.39, 0.29) is 23.5 Å². The second-order valence-electron chi connectivity index (χ2n) is 12.8. The third-order valence-corrected chi connectivity index (χ3v) is 9.51. The topological polar surface area (TPSA) is 86.8 Å². The Morgan fingerprint density at radius 1 is 0.812 bits per heavy atom. The standard InChI is InChI=1S/C37H40F3N3O4S/c1-26-18-20-32(21-19-26)48(46,47)43(31-17-11-16-30(23-31)37(38,39)40)25-34(44)42(24-29-15-10-9-12-27(29)2)33(35(45)41-36(3,4)5)22-28-13-7-6-8-14-28/h6-21,23,33H,22,24-25H2,1-5H3,(H,41,45)/t33-/m1/s1. The number of anilines is 1. The largest absolute Gasteiger partial charge is 0.416 e. The lowest BCUT2D eigenvalue weighted by Crippen LogP contribution is -2.56. The summed E-state index contributed by atoms with van der Waals surface area (Å²) in [4.78, 5) is 29.7. The minimum absolute atomic E-state index is 0.0540. The van der Waals surface area contributed by atoms with Crippen LogP contribution in [-0.2, 0) is 38.8 Å². The molecular weight excluding hydrogens is 639 g/mol. The zero-order chi connectivity index (χ0) is 35.3. The molecule has 48 heavy (non-hydrogen) atoms. The maximum atomic E-state index is 14.6. The molecule has 0 aromatic heterocycles. The smallest absolute Gasteiger partial charge is 0.350 e. The number of carbonyl (C=O) groups excluding carboxylic acids is 2. The molecule has 0 fully saturated rings. The van der Waals surface area contributed by atoms with Crippen LogP contribution < -0.4 is 9.62 Å². The van der Waals surface area contributed by atoms with Gasteiger partial charge in [0, 0.05) is 18.5 Å². The predicted molar refractivity (Wildman–Crippen MR) is 181 cm³/mol. The fourth-order valence-electron chi connectivity index (χ4n) is 5.18. The quantitative estimate of drug-likeness (QED) is 0.184. The third-order valence-electron chi connectivity index (χ3n) is 7.72. The highest BCUT2D eigenvalue weighted by Crippen LogP contribution is 2.33. The Hall–Kier alpha value is -4.64. The summed E-state index contributed by atoms with van der Waals surface area (Å²) in [5.74, 6) is -1.23. The SMILES string of the molecule is Cc1ccc(S(=O)(=O)N(CC(=O)N(Cc2ccccc2C)[C@H](Cc2ccccc2)C(=O)NC(C)(C)C)c2cccc(C(F)(F)F)c2)cc1. The monoisotopic (exact) mass is 679 g/mol. The van der Waals surface area contributed by atoms with E-state index < -0.39 is 51.7 Å².